The van der Waals surface area contributed by atoms with Crippen LogP contribution in [-0.2, 0) is 4.79 Å². The lowest BCUT2D eigenvalue weighted by Gasteiger charge is -2.40. The van der Waals surface area contributed by atoms with Crippen LogP contribution in [-0.4, -0.2) is 48.1 Å². The minimum atomic E-state index is -0.154. The summed E-state index contributed by atoms with van der Waals surface area (Å²) in [4.78, 5) is 14.7. The maximum atomic E-state index is 12.3. The Kier molecular flexibility index (Phi) is 6.27. The Morgan fingerprint density at radius 2 is 2.05 bits per heavy atom. The summed E-state index contributed by atoms with van der Waals surface area (Å²) >= 11 is 0. The van der Waals surface area contributed by atoms with Gasteiger partial charge in [-0.25, -0.2) is 0 Å². The first-order valence-corrected chi connectivity index (χ1v) is 7.63. The van der Waals surface area contributed by atoms with E-state index >= 15 is 0 Å². The molecule has 4 heteroatoms. The van der Waals surface area contributed by atoms with Gasteiger partial charge in [0, 0.05) is 18.1 Å². The molecule has 0 bridgehead atoms. The second-order valence-electron chi connectivity index (χ2n) is 6.61. The summed E-state index contributed by atoms with van der Waals surface area (Å²) in [7, 11) is 0. The monoisotopic (exact) mass is 269 g/mol. The van der Waals surface area contributed by atoms with E-state index in [1.165, 1.54) is 19.3 Å². The van der Waals surface area contributed by atoms with E-state index in [1.807, 2.05) is 27.7 Å². The number of nitrogens with one attached hydrogen (secondary N) is 2. The van der Waals surface area contributed by atoms with Crippen molar-refractivity contribution in [1.82, 2.24) is 15.5 Å². The Balaban J connectivity index is 2.60. The number of likely N-dealkylation sites (N-methyl/N-ethyl adjacent to an activating group) is 1. The highest BCUT2D eigenvalue weighted by Crippen LogP contribution is 2.19. The van der Waals surface area contributed by atoms with Crippen LogP contribution in [0, 0.1) is 0 Å². The van der Waals surface area contributed by atoms with Crippen molar-refractivity contribution in [3.63, 3.8) is 0 Å². The van der Waals surface area contributed by atoms with Crippen LogP contribution >= 0.6 is 0 Å². The number of amides is 1. The lowest BCUT2D eigenvalue weighted by atomic mass is 9.99. The minimum absolute atomic E-state index is 0.0387. The molecule has 19 heavy (non-hydrogen) atoms. The van der Waals surface area contributed by atoms with Crippen molar-refractivity contribution < 1.29 is 4.79 Å². The molecule has 0 radical (unpaired) electrons. The third kappa shape index (κ3) is 5.49. The largest absolute Gasteiger partial charge is 0.350 e. The van der Waals surface area contributed by atoms with Crippen molar-refractivity contribution in [1.29, 1.82) is 0 Å². The van der Waals surface area contributed by atoms with E-state index in [-0.39, 0.29) is 17.5 Å². The Morgan fingerprint density at radius 3 is 2.63 bits per heavy atom. The van der Waals surface area contributed by atoms with Crippen LogP contribution in [0.5, 0.6) is 0 Å². The van der Waals surface area contributed by atoms with Crippen LogP contribution in [0.2, 0.25) is 0 Å². The maximum absolute atomic E-state index is 12.3. The molecule has 0 aromatic heterocycles. The van der Waals surface area contributed by atoms with Gasteiger partial charge in [-0.2, -0.15) is 0 Å². The molecule has 1 aliphatic heterocycles. The summed E-state index contributed by atoms with van der Waals surface area (Å²) in [6, 6.07) is 0.456. The van der Waals surface area contributed by atoms with Gasteiger partial charge in [0.25, 0.3) is 0 Å². The molecule has 1 amide bonds. The number of likely N-dealkylation sites (tertiary alicyclic amines) is 1. The highest BCUT2D eigenvalue weighted by molar-refractivity contribution is 5.82. The molecule has 2 atom stereocenters. The number of carbonyl (C=O) groups excluding carboxylic acids is 1. The average molecular weight is 269 g/mol. The maximum Gasteiger partial charge on any atom is 0.237 e. The molecule has 1 saturated heterocycles. The summed E-state index contributed by atoms with van der Waals surface area (Å²) < 4.78 is 0. The highest BCUT2D eigenvalue weighted by atomic mass is 16.2. The number of carbonyl (C=O) groups is 1. The van der Waals surface area contributed by atoms with Gasteiger partial charge in [-0.1, -0.05) is 13.3 Å². The van der Waals surface area contributed by atoms with Crippen LogP contribution in [0.1, 0.15) is 53.9 Å². The highest BCUT2D eigenvalue weighted by Gasteiger charge is 2.31. The molecule has 2 unspecified atom stereocenters. The van der Waals surface area contributed by atoms with E-state index in [9.17, 15) is 4.79 Å². The van der Waals surface area contributed by atoms with E-state index in [4.69, 9.17) is 0 Å². The second-order valence-corrected chi connectivity index (χ2v) is 6.61. The van der Waals surface area contributed by atoms with Gasteiger partial charge in [0.2, 0.25) is 5.91 Å². The molecule has 112 valence electrons. The molecule has 1 fully saturated rings. The van der Waals surface area contributed by atoms with Gasteiger partial charge in [-0.3, -0.25) is 9.69 Å². The van der Waals surface area contributed by atoms with Crippen molar-refractivity contribution in [2.45, 2.75) is 71.5 Å². The second kappa shape index (κ2) is 7.25. The molecule has 0 aromatic carbocycles. The Morgan fingerprint density at radius 1 is 1.37 bits per heavy atom. The number of piperidine rings is 1. The van der Waals surface area contributed by atoms with Crippen molar-refractivity contribution in [2.75, 3.05) is 19.6 Å². The molecule has 1 aliphatic rings. The third-order valence-electron chi connectivity index (χ3n) is 3.68. The molecule has 2 N–H and O–H groups in total. The van der Waals surface area contributed by atoms with E-state index in [1.54, 1.807) is 0 Å². The topological polar surface area (TPSA) is 44.4 Å². The first-order valence-electron chi connectivity index (χ1n) is 7.63. The molecule has 0 spiro atoms. The van der Waals surface area contributed by atoms with Gasteiger partial charge in [0.15, 0.2) is 0 Å². The van der Waals surface area contributed by atoms with Crippen LogP contribution in [0.4, 0.5) is 0 Å². The van der Waals surface area contributed by atoms with E-state index in [0.717, 1.165) is 19.6 Å². The van der Waals surface area contributed by atoms with Gasteiger partial charge in [0.1, 0.15) is 0 Å². The predicted molar refractivity (Wildman–Crippen MR) is 80.2 cm³/mol. The van der Waals surface area contributed by atoms with Crippen LogP contribution in [0.15, 0.2) is 0 Å². The van der Waals surface area contributed by atoms with Crippen molar-refractivity contribution in [3.05, 3.63) is 0 Å². The molecular formula is C15H31N3O. The van der Waals surface area contributed by atoms with Gasteiger partial charge in [-0.15, -0.1) is 0 Å². The summed E-state index contributed by atoms with van der Waals surface area (Å²) in [5.74, 6) is 0.149. The standard InChI is InChI=1S/C15H31N3O/c1-6-16-11-13-9-7-8-10-18(13)12(2)14(19)17-15(3,4)5/h12-13,16H,6-11H2,1-5H3,(H,17,19). The van der Waals surface area contributed by atoms with Crippen molar-refractivity contribution >= 4 is 5.91 Å². The average Bonchev–Trinajstić information content (AvgIpc) is 2.33. The van der Waals surface area contributed by atoms with Gasteiger partial charge in [-0.05, 0) is 53.6 Å². The molecule has 0 aromatic rings. The lowest BCUT2D eigenvalue weighted by Crippen LogP contribution is -2.56. The summed E-state index contributed by atoms with van der Waals surface area (Å²) in [6.45, 7) is 13.3. The fourth-order valence-electron chi connectivity index (χ4n) is 2.69. The van der Waals surface area contributed by atoms with E-state index < -0.39 is 0 Å². The van der Waals surface area contributed by atoms with Gasteiger partial charge in [0.05, 0.1) is 6.04 Å². The molecule has 1 heterocycles. The molecule has 4 nitrogen and oxygen atoms in total. The first-order chi connectivity index (χ1) is 8.85. The fourth-order valence-corrected chi connectivity index (χ4v) is 2.69. The van der Waals surface area contributed by atoms with Crippen LogP contribution in [0.3, 0.4) is 0 Å². The molecule has 0 saturated carbocycles. The molecule has 1 rings (SSSR count). The summed E-state index contributed by atoms with van der Waals surface area (Å²) in [5, 5.41) is 6.51. The number of rotatable bonds is 5. The number of hydrogen-bond donors (Lipinski definition) is 2. The zero-order valence-corrected chi connectivity index (χ0v) is 13.3. The zero-order valence-electron chi connectivity index (χ0n) is 13.3. The lowest BCUT2D eigenvalue weighted by molar-refractivity contribution is -0.128. The van der Waals surface area contributed by atoms with Gasteiger partial charge >= 0.3 is 0 Å². The number of nitrogens with zero attached hydrogens (tertiary/aromatic N) is 1. The van der Waals surface area contributed by atoms with E-state index in [0.29, 0.717) is 6.04 Å². The first kappa shape index (κ1) is 16.4. The summed E-state index contributed by atoms with van der Waals surface area (Å²) in [6.07, 6.45) is 3.68. The quantitative estimate of drug-likeness (QED) is 0.799. The fraction of sp³-hybridized carbons (Fsp3) is 0.933. The zero-order chi connectivity index (χ0) is 14.5. The smallest absolute Gasteiger partial charge is 0.237 e. The normalized spacial score (nSPS) is 23.1. The molecule has 0 aliphatic carbocycles. The number of hydrogen-bond acceptors (Lipinski definition) is 3. The Bertz CT molecular complexity index is 286. The van der Waals surface area contributed by atoms with Crippen molar-refractivity contribution in [2.24, 2.45) is 0 Å². The predicted octanol–water partition coefficient (Wildman–Crippen LogP) is 1.75. The third-order valence-corrected chi connectivity index (χ3v) is 3.68. The van der Waals surface area contributed by atoms with Crippen LogP contribution < -0.4 is 10.6 Å². The van der Waals surface area contributed by atoms with E-state index in [2.05, 4.69) is 22.5 Å². The Labute approximate surface area is 118 Å². The van der Waals surface area contributed by atoms with Gasteiger partial charge < -0.3 is 10.6 Å². The van der Waals surface area contributed by atoms with Crippen LogP contribution in [0.25, 0.3) is 0 Å². The Hall–Kier alpha value is -0.610. The molecular weight excluding hydrogens is 238 g/mol. The SMILES string of the molecule is CCNCC1CCCCN1C(C)C(=O)NC(C)(C)C. The summed E-state index contributed by atoms with van der Waals surface area (Å²) in [5.41, 5.74) is -0.154. The minimum Gasteiger partial charge on any atom is -0.350 e. The van der Waals surface area contributed by atoms with Crippen molar-refractivity contribution in [3.8, 4) is 0 Å².